The molecule has 23 heavy (non-hydrogen) atoms. The number of thiophene rings is 1. The van der Waals surface area contributed by atoms with E-state index in [0.717, 1.165) is 12.5 Å². The number of benzene rings is 1. The monoisotopic (exact) mass is 334 g/mol. The van der Waals surface area contributed by atoms with E-state index in [4.69, 9.17) is 0 Å². The van der Waals surface area contributed by atoms with Crippen LogP contribution in [0.15, 0.2) is 41.8 Å². The van der Waals surface area contributed by atoms with E-state index in [1.165, 1.54) is 23.1 Å². The number of likely N-dealkylation sites (N-methyl/N-ethyl adjacent to an activating group) is 1. The average Bonchev–Trinajstić information content (AvgIpc) is 3.04. The topological polar surface area (TPSA) is 49.4 Å². The van der Waals surface area contributed by atoms with Crippen molar-refractivity contribution in [3.63, 3.8) is 0 Å². The first-order valence-corrected chi connectivity index (χ1v) is 8.17. The van der Waals surface area contributed by atoms with E-state index in [-0.39, 0.29) is 24.1 Å². The van der Waals surface area contributed by atoms with Crippen molar-refractivity contribution in [1.82, 2.24) is 10.2 Å². The molecule has 2 aromatic rings. The summed E-state index contributed by atoms with van der Waals surface area (Å²) in [5.41, 5.74) is 0.201. The zero-order valence-electron chi connectivity index (χ0n) is 13.1. The zero-order valence-corrected chi connectivity index (χ0v) is 13.9. The molecule has 6 heteroatoms. The van der Waals surface area contributed by atoms with E-state index in [0.29, 0.717) is 0 Å². The molecule has 1 aromatic carbocycles. The van der Waals surface area contributed by atoms with Gasteiger partial charge in [0.25, 0.3) is 5.91 Å². The van der Waals surface area contributed by atoms with E-state index in [1.54, 1.807) is 23.3 Å². The van der Waals surface area contributed by atoms with E-state index >= 15 is 0 Å². The van der Waals surface area contributed by atoms with Gasteiger partial charge in [0.15, 0.2) is 0 Å². The molecule has 0 aliphatic rings. The zero-order chi connectivity index (χ0) is 16.8. The van der Waals surface area contributed by atoms with Gasteiger partial charge in [0, 0.05) is 30.0 Å². The number of halogens is 1. The van der Waals surface area contributed by atoms with Crippen LogP contribution >= 0.6 is 11.3 Å². The Morgan fingerprint density at radius 1 is 1.30 bits per heavy atom. The quantitative estimate of drug-likeness (QED) is 0.883. The van der Waals surface area contributed by atoms with Gasteiger partial charge in [-0.05, 0) is 36.6 Å². The van der Waals surface area contributed by atoms with Crippen LogP contribution in [0.4, 0.5) is 4.39 Å². The third kappa shape index (κ3) is 4.89. The third-order valence-corrected chi connectivity index (χ3v) is 4.52. The van der Waals surface area contributed by atoms with Crippen molar-refractivity contribution in [3.05, 3.63) is 58.0 Å². The average molecular weight is 334 g/mol. The van der Waals surface area contributed by atoms with Crippen molar-refractivity contribution in [1.29, 1.82) is 0 Å². The molecule has 0 saturated carbocycles. The summed E-state index contributed by atoms with van der Waals surface area (Å²) in [7, 11) is 1.72. The van der Waals surface area contributed by atoms with Crippen LogP contribution in [0.1, 0.15) is 22.2 Å². The maximum absolute atomic E-state index is 13.1. The van der Waals surface area contributed by atoms with E-state index < -0.39 is 11.7 Å². The Morgan fingerprint density at radius 3 is 2.74 bits per heavy atom. The number of carbonyl (C=O) groups excluding carboxylic acids is 2. The summed E-state index contributed by atoms with van der Waals surface area (Å²) >= 11 is 1.65. The summed E-state index contributed by atoms with van der Waals surface area (Å²) in [6, 6.07) is 9.42. The second-order valence-corrected chi connectivity index (χ2v) is 6.36. The van der Waals surface area contributed by atoms with E-state index in [9.17, 15) is 14.0 Å². The van der Waals surface area contributed by atoms with Crippen LogP contribution in [0, 0.1) is 5.82 Å². The Hall–Kier alpha value is -2.21. The molecule has 0 spiro atoms. The maximum Gasteiger partial charge on any atom is 0.251 e. The van der Waals surface area contributed by atoms with Gasteiger partial charge in [-0.3, -0.25) is 9.59 Å². The highest BCUT2D eigenvalue weighted by Gasteiger charge is 2.17. The summed E-state index contributed by atoms with van der Waals surface area (Å²) in [4.78, 5) is 26.9. The highest BCUT2D eigenvalue weighted by atomic mass is 32.1. The lowest BCUT2D eigenvalue weighted by Crippen LogP contribution is -2.42. The molecule has 4 nitrogen and oxygen atoms in total. The van der Waals surface area contributed by atoms with Gasteiger partial charge in [-0.25, -0.2) is 4.39 Å². The Kier molecular flexibility index (Phi) is 5.87. The molecule has 0 radical (unpaired) electrons. The number of carbonyl (C=O) groups is 2. The predicted molar refractivity (Wildman–Crippen MR) is 89.0 cm³/mol. The number of nitrogens with zero attached hydrogens (tertiary/aromatic N) is 1. The molecule has 1 N–H and O–H groups in total. The number of rotatable bonds is 6. The van der Waals surface area contributed by atoms with E-state index in [2.05, 4.69) is 5.32 Å². The van der Waals surface area contributed by atoms with Crippen LogP contribution in [0.3, 0.4) is 0 Å². The minimum absolute atomic E-state index is 0.0345. The van der Waals surface area contributed by atoms with Gasteiger partial charge in [0.1, 0.15) is 5.82 Å². The Morgan fingerprint density at radius 2 is 2.09 bits per heavy atom. The van der Waals surface area contributed by atoms with Crippen molar-refractivity contribution < 1.29 is 14.0 Å². The summed E-state index contributed by atoms with van der Waals surface area (Å²) in [6.07, 6.45) is 0.776. The third-order valence-electron chi connectivity index (χ3n) is 3.62. The normalized spacial score (nSPS) is 11.8. The molecule has 0 aliphatic heterocycles. The molecule has 1 unspecified atom stereocenters. The van der Waals surface area contributed by atoms with Gasteiger partial charge >= 0.3 is 0 Å². The molecule has 0 bridgehead atoms. The molecule has 0 fully saturated rings. The molecule has 1 aromatic heterocycles. The summed E-state index contributed by atoms with van der Waals surface area (Å²) in [5.74, 6) is -1.12. The van der Waals surface area contributed by atoms with Gasteiger partial charge in [-0.15, -0.1) is 11.3 Å². The minimum atomic E-state index is -0.481. The number of amides is 2. The standard InChI is InChI=1S/C17H19FN2O2S/c1-12(9-15-7-4-8-23-15)20(2)16(21)11-19-17(22)13-5-3-6-14(18)10-13/h3-8,10,12H,9,11H2,1-2H3,(H,19,22). The Labute approximate surface area is 138 Å². The summed E-state index contributed by atoms with van der Waals surface area (Å²) < 4.78 is 13.1. The second-order valence-electron chi connectivity index (χ2n) is 5.33. The first-order chi connectivity index (χ1) is 11.0. The highest BCUT2D eigenvalue weighted by Crippen LogP contribution is 2.13. The van der Waals surface area contributed by atoms with Crippen molar-refractivity contribution in [2.45, 2.75) is 19.4 Å². The van der Waals surface area contributed by atoms with Crippen molar-refractivity contribution in [2.75, 3.05) is 13.6 Å². The maximum atomic E-state index is 13.1. The molecule has 0 aliphatic carbocycles. The van der Waals surface area contributed by atoms with Crippen LogP contribution in [-0.2, 0) is 11.2 Å². The van der Waals surface area contributed by atoms with E-state index in [1.807, 2.05) is 24.4 Å². The van der Waals surface area contributed by atoms with Gasteiger partial charge in [-0.1, -0.05) is 12.1 Å². The predicted octanol–water partition coefficient (Wildman–Crippen LogP) is 2.71. The SMILES string of the molecule is CC(Cc1cccs1)N(C)C(=O)CNC(=O)c1cccc(F)c1. The molecule has 122 valence electrons. The van der Waals surface area contributed by atoms with Crippen molar-refractivity contribution in [3.8, 4) is 0 Å². The molecule has 2 rings (SSSR count). The van der Waals surface area contributed by atoms with Crippen LogP contribution in [0.2, 0.25) is 0 Å². The molecule has 1 atom stereocenters. The summed E-state index contributed by atoms with van der Waals surface area (Å²) in [6.45, 7) is 1.85. The first-order valence-electron chi connectivity index (χ1n) is 7.29. The lowest BCUT2D eigenvalue weighted by molar-refractivity contribution is -0.130. The van der Waals surface area contributed by atoms with Crippen LogP contribution in [0.5, 0.6) is 0 Å². The van der Waals surface area contributed by atoms with Gasteiger partial charge in [0.2, 0.25) is 5.91 Å². The lowest BCUT2D eigenvalue weighted by atomic mass is 10.2. The van der Waals surface area contributed by atoms with Crippen molar-refractivity contribution in [2.24, 2.45) is 0 Å². The van der Waals surface area contributed by atoms with Crippen LogP contribution in [0.25, 0.3) is 0 Å². The number of hydrogen-bond donors (Lipinski definition) is 1. The van der Waals surface area contributed by atoms with Crippen LogP contribution < -0.4 is 5.32 Å². The Balaban J connectivity index is 1.84. The molecule has 0 saturated heterocycles. The highest BCUT2D eigenvalue weighted by molar-refractivity contribution is 7.09. The van der Waals surface area contributed by atoms with Gasteiger partial charge in [-0.2, -0.15) is 0 Å². The molecular weight excluding hydrogens is 315 g/mol. The van der Waals surface area contributed by atoms with Gasteiger partial charge < -0.3 is 10.2 Å². The molecular formula is C17H19FN2O2S. The smallest absolute Gasteiger partial charge is 0.251 e. The molecule has 2 amide bonds. The number of hydrogen-bond acceptors (Lipinski definition) is 3. The van der Waals surface area contributed by atoms with Crippen molar-refractivity contribution >= 4 is 23.2 Å². The molecule has 1 heterocycles. The lowest BCUT2D eigenvalue weighted by Gasteiger charge is -2.24. The Bertz CT molecular complexity index is 673. The second kappa shape index (κ2) is 7.87. The minimum Gasteiger partial charge on any atom is -0.343 e. The fourth-order valence-corrected chi connectivity index (χ4v) is 2.94. The van der Waals surface area contributed by atoms with Gasteiger partial charge in [0.05, 0.1) is 6.54 Å². The fourth-order valence-electron chi connectivity index (χ4n) is 2.11. The largest absolute Gasteiger partial charge is 0.343 e. The number of nitrogens with one attached hydrogen (secondary N) is 1. The first kappa shape index (κ1) is 17.1. The summed E-state index contributed by atoms with van der Waals surface area (Å²) in [5, 5.41) is 4.53. The fraction of sp³-hybridized carbons (Fsp3) is 0.294. The van der Waals surface area contributed by atoms with Crippen LogP contribution in [-0.4, -0.2) is 36.3 Å².